The Kier molecular flexibility index (Phi) is 2.56. The molecule has 0 spiro atoms. The van der Waals surface area contributed by atoms with Gasteiger partial charge in [0.25, 0.3) is 0 Å². The lowest BCUT2D eigenvalue weighted by atomic mass is 9.59. The van der Waals surface area contributed by atoms with Crippen molar-refractivity contribution < 1.29 is 0 Å². The van der Waals surface area contributed by atoms with Gasteiger partial charge in [0.15, 0.2) is 0 Å². The Balaban J connectivity index is 2.32. The van der Waals surface area contributed by atoms with E-state index in [1.54, 1.807) is 0 Å². The van der Waals surface area contributed by atoms with Crippen molar-refractivity contribution in [2.24, 2.45) is 10.8 Å². The van der Waals surface area contributed by atoms with Crippen LogP contribution in [0.4, 0.5) is 0 Å². The Labute approximate surface area is 94.5 Å². The van der Waals surface area contributed by atoms with Gasteiger partial charge in [0.1, 0.15) is 0 Å². The molecule has 0 aromatic rings. The van der Waals surface area contributed by atoms with E-state index < -0.39 is 0 Å². The molecule has 84 valence electrons. The third-order valence-electron chi connectivity index (χ3n) is 5.10. The normalized spacial score (nSPS) is 34.7. The molecule has 0 amide bonds. The second-order valence-corrected chi connectivity index (χ2v) is 6.06. The molecule has 1 unspecified atom stereocenters. The van der Waals surface area contributed by atoms with E-state index in [1.165, 1.54) is 56.1 Å². The fraction of sp³-hybridized carbons (Fsp3) is 0.733. The van der Waals surface area contributed by atoms with Gasteiger partial charge in [-0.15, -0.1) is 0 Å². The van der Waals surface area contributed by atoms with Crippen molar-refractivity contribution in [1.82, 2.24) is 0 Å². The van der Waals surface area contributed by atoms with Gasteiger partial charge in [0, 0.05) is 0 Å². The van der Waals surface area contributed by atoms with Crippen LogP contribution in [0.25, 0.3) is 0 Å². The van der Waals surface area contributed by atoms with E-state index in [-0.39, 0.29) is 0 Å². The van der Waals surface area contributed by atoms with Gasteiger partial charge >= 0.3 is 0 Å². The molecule has 0 aliphatic heterocycles. The average molecular weight is 204 g/mol. The van der Waals surface area contributed by atoms with Crippen LogP contribution in [0.15, 0.2) is 24.3 Å². The smallest absolute Gasteiger partial charge is 0.00366 e. The lowest BCUT2D eigenvalue weighted by molar-refractivity contribution is 0.105. The summed E-state index contributed by atoms with van der Waals surface area (Å²) in [5.74, 6) is 0. The van der Waals surface area contributed by atoms with Crippen molar-refractivity contribution in [1.29, 1.82) is 0 Å². The van der Waals surface area contributed by atoms with Crippen molar-refractivity contribution in [3.63, 3.8) is 0 Å². The minimum absolute atomic E-state index is 0.437. The van der Waals surface area contributed by atoms with E-state index in [4.69, 9.17) is 0 Å². The zero-order valence-electron chi connectivity index (χ0n) is 10.4. The van der Waals surface area contributed by atoms with Crippen LogP contribution < -0.4 is 0 Å². The maximum atomic E-state index is 4.29. The predicted octanol–water partition coefficient (Wildman–Crippen LogP) is 4.87. The predicted molar refractivity (Wildman–Crippen MR) is 66.8 cm³/mol. The largest absolute Gasteiger partial charge is 0.0998 e. The van der Waals surface area contributed by atoms with E-state index in [2.05, 4.69) is 27.0 Å². The van der Waals surface area contributed by atoms with Gasteiger partial charge in [0.05, 0.1) is 0 Å². The van der Waals surface area contributed by atoms with E-state index in [0.717, 1.165) is 0 Å². The summed E-state index contributed by atoms with van der Waals surface area (Å²) in [5, 5.41) is 0. The molecule has 0 saturated heterocycles. The summed E-state index contributed by atoms with van der Waals surface area (Å²) < 4.78 is 0. The third-order valence-corrected chi connectivity index (χ3v) is 5.10. The average Bonchev–Trinajstić information content (AvgIpc) is 2.74. The molecule has 2 aliphatic carbocycles. The number of hydrogen-bond donors (Lipinski definition) is 0. The Morgan fingerprint density at radius 1 is 1.20 bits per heavy atom. The summed E-state index contributed by atoms with van der Waals surface area (Å²) in [6, 6.07) is 0. The van der Waals surface area contributed by atoms with Crippen LogP contribution in [-0.4, -0.2) is 0 Å². The van der Waals surface area contributed by atoms with Crippen LogP contribution in [0.1, 0.15) is 58.8 Å². The van der Waals surface area contributed by atoms with Gasteiger partial charge in [0.2, 0.25) is 0 Å². The molecule has 0 aromatic heterocycles. The molecule has 2 fully saturated rings. The highest BCUT2D eigenvalue weighted by Gasteiger charge is 2.51. The van der Waals surface area contributed by atoms with Gasteiger partial charge in [-0.25, -0.2) is 0 Å². The zero-order valence-corrected chi connectivity index (χ0v) is 10.4. The monoisotopic (exact) mass is 204 g/mol. The second-order valence-electron chi connectivity index (χ2n) is 6.06. The molecule has 2 rings (SSSR count). The van der Waals surface area contributed by atoms with Crippen molar-refractivity contribution in [2.75, 3.05) is 0 Å². The SMILES string of the molecule is C=C1CCC(C)(C2(C(=C)C)CCCC2)C1. The van der Waals surface area contributed by atoms with Crippen molar-refractivity contribution in [2.45, 2.75) is 58.8 Å². The maximum Gasteiger partial charge on any atom is -0.00366 e. The third kappa shape index (κ3) is 1.49. The number of hydrogen-bond acceptors (Lipinski definition) is 0. The first-order valence-electron chi connectivity index (χ1n) is 6.33. The molecule has 0 heterocycles. The van der Waals surface area contributed by atoms with Gasteiger partial charge < -0.3 is 0 Å². The summed E-state index contributed by atoms with van der Waals surface area (Å²) >= 11 is 0. The molecular weight excluding hydrogens is 180 g/mol. The Bertz CT molecular complexity index is 291. The Morgan fingerprint density at radius 3 is 2.20 bits per heavy atom. The molecule has 0 bridgehead atoms. The standard InChI is InChI=1S/C15H24/c1-12(2)15(8-5-6-9-15)14(4)10-7-13(3)11-14/h1,3,5-11H2,2,4H3. The van der Waals surface area contributed by atoms with Gasteiger partial charge in [-0.3, -0.25) is 0 Å². The summed E-state index contributed by atoms with van der Waals surface area (Å²) in [5.41, 5.74) is 3.79. The molecule has 2 aliphatic rings. The molecule has 0 N–H and O–H groups in total. The molecule has 0 radical (unpaired) electrons. The highest BCUT2D eigenvalue weighted by Crippen LogP contribution is 2.62. The summed E-state index contributed by atoms with van der Waals surface area (Å²) in [6.45, 7) is 13.2. The Morgan fingerprint density at radius 2 is 1.80 bits per heavy atom. The first kappa shape index (κ1) is 11.0. The topological polar surface area (TPSA) is 0 Å². The molecule has 15 heavy (non-hydrogen) atoms. The maximum absolute atomic E-state index is 4.29. The molecule has 0 nitrogen and oxygen atoms in total. The molecule has 2 saturated carbocycles. The van der Waals surface area contributed by atoms with Crippen molar-refractivity contribution in [3.05, 3.63) is 24.3 Å². The minimum Gasteiger partial charge on any atom is -0.0998 e. The zero-order chi connectivity index (χ0) is 11.1. The van der Waals surface area contributed by atoms with E-state index in [0.29, 0.717) is 10.8 Å². The summed E-state index contributed by atoms with van der Waals surface area (Å²) in [6.07, 6.45) is 9.34. The molecular formula is C15H24. The first-order chi connectivity index (χ1) is 7.00. The van der Waals surface area contributed by atoms with Crippen molar-refractivity contribution >= 4 is 0 Å². The highest BCUT2D eigenvalue weighted by molar-refractivity contribution is 5.22. The summed E-state index contributed by atoms with van der Waals surface area (Å²) in [4.78, 5) is 0. The minimum atomic E-state index is 0.437. The molecule has 0 aromatic carbocycles. The van der Waals surface area contributed by atoms with E-state index in [1.807, 2.05) is 0 Å². The first-order valence-corrected chi connectivity index (χ1v) is 6.33. The molecule has 0 heteroatoms. The van der Waals surface area contributed by atoms with Crippen LogP contribution in [0.3, 0.4) is 0 Å². The van der Waals surface area contributed by atoms with Gasteiger partial charge in [-0.1, -0.05) is 44.1 Å². The molecule has 1 atom stereocenters. The van der Waals surface area contributed by atoms with Crippen LogP contribution in [0.2, 0.25) is 0 Å². The van der Waals surface area contributed by atoms with Gasteiger partial charge in [-0.2, -0.15) is 0 Å². The fourth-order valence-electron chi connectivity index (χ4n) is 4.11. The summed E-state index contributed by atoms with van der Waals surface area (Å²) in [7, 11) is 0. The van der Waals surface area contributed by atoms with Crippen LogP contribution >= 0.6 is 0 Å². The van der Waals surface area contributed by atoms with Crippen LogP contribution in [-0.2, 0) is 0 Å². The second kappa shape index (κ2) is 3.50. The van der Waals surface area contributed by atoms with Crippen LogP contribution in [0.5, 0.6) is 0 Å². The number of rotatable bonds is 2. The fourth-order valence-corrected chi connectivity index (χ4v) is 4.11. The highest BCUT2D eigenvalue weighted by atomic mass is 14.6. The van der Waals surface area contributed by atoms with Gasteiger partial charge in [-0.05, 0) is 49.9 Å². The van der Waals surface area contributed by atoms with Crippen molar-refractivity contribution in [3.8, 4) is 0 Å². The van der Waals surface area contributed by atoms with Crippen LogP contribution in [0, 0.1) is 10.8 Å². The Hall–Kier alpha value is -0.520. The van der Waals surface area contributed by atoms with E-state index >= 15 is 0 Å². The quantitative estimate of drug-likeness (QED) is 0.563. The van der Waals surface area contributed by atoms with E-state index in [9.17, 15) is 0 Å². The lowest BCUT2D eigenvalue weighted by Crippen LogP contribution is -2.36. The number of allylic oxidation sites excluding steroid dienone is 2. The lowest BCUT2D eigenvalue weighted by Gasteiger charge is -2.45.